The van der Waals surface area contributed by atoms with E-state index in [1.54, 1.807) is 0 Å². The number of amides is 1. The number of rotatable bonds is 7. The van der Waals surface area contributed by atoms with Crippen molar-refractivity contribution in [3.05, 3.63) is 35.7 Å². The van der Waals surface area contributed by atoms with Crippen LogP contribution in [0.1, 0.15) is 56.2 Å². The van der Waals surface area contributed by atoms with Crippen LogP contribution in [0, 0.1) is 5.92 Å². The summed E-state index contributed by atoms with van der Waals surface area (Å²) in [6, 6.07) is 2.15. The molecule has 0 aromatic carbocycles. The van der Waals surface area contributed by atoms with Gasteiger partial charge in [-0.1, -0.05) is 13.3 Å². The van der Waals surface area contributed by atoms with Gasteiger partial charge in [0.05, 0.1) is 24.5 Å². The van der Waals surface area contributed by atoms with Gasteiger partial charge >= 0.3 is 0 Å². The van der Waals surface area contributed by atoms with Gasteiger partial charge in [0.2, 0.25) is 5.91 Å². The molecule has 0 saturated heterocycles. The molecular formula is C20H30N6O. The minimum atomic E-state index is 0.189. The molecule has 0 bridgehead atoms. The van der Waals surface area contributed by atoms with E-state index >= 15 is 0 Å². The van der Waals surface area contributed by atoms with Crippen LogP contribution >= 0.6 is 0 Å². The lowest BCUT2D eigenvalue weighted by Crippen LogP contribution is -2.34. The van der Waals surface area contributed by atoms with Crippen LogP contribution in [-0.2, 0) is 37.5 Å². The van der Waals surface area contributed by atoms with Gasteiger partial charge in [0.25, 0.3) is 0 Å². The van der Waals surface area contributed by atoms with Crippen molar-refractivity contribution in [2.45, 2.75) is 71.8 Å². The second-order valence-corrected chi connectivity index (χ2v) is 7.80. The topological polar surface area (TPSA) is 68.0 Å². The summed E-state index contributed by atoms with van der Waals surface area (Å²) in [7, 11) is 0. The van der Waals surface area contributed by atoms with Crippen molar-refractivity contribution in [3.8, 4) is 0 Å². The number of carbonyl (C=O) groups excluding carboxylic acids is 1. The first-order valence-corrected chi connectivity index (χ1v) is 10.3. The number of nitrogens with zero attached hydrogens (tertiary/aromatic N) is 5. The Balaban J connectivity index is 1.37. The lowest BCUT2D eigenvalue weighted by molar-refractivity contribution is -0.127. The summed E-state index contributed by atoms with van der Waals surface area (Å²) in [6.45, 7) is 7.48. The predicted molar refractivity (Wildman–Crippen MR) is 103 cm³/mol. The van der Waals surface area contributed by atoms with Crippen LogP contribution in [0.3, 0.4) is 0 Å². The first-order valence-electron chi connectivity index (χ1n) is 10.3. The molecule has 0 atom stereocenters. The second kappa shape index (κ2) is 8.25. The summed E-state index contributed by atoms with van der Waals surface area (Å²) in [5.74, 6) is 1.56. The summed E-state index contributed by atoms with van der Waals surface area (Å²) in [5, 5.41) is 7.77. The van der Waals surface area contributed by atoms with Crippen LogP contribution in [0.15, 0.2) is 18.5 Å². The van der Waals surface area contributed by atoms with Gasteiger partial charge in [-0.15, -0.1) is 0 Å². The van der Waals surface area contributed by atoms with E-state index in [0.29, 0.717) is 6.54 Å². The third-order valence-electron chi connectivity index (χ3n) is 5.69. The number of imidazole rings is 1. The molecule has 0 radical (unpaired) electrons. The normalized spacial score (nSPS) is 18.0. The maximum atomic E-state index is 12.0. The van der Waals surface area contributed by atoms with Crippen LogP contribution < -0.4 is 5.32 Å². The number of hydrogen-bond acceptors (Lipinski definition) is 4. The molecule has 0 spiro atoms. The second-order valence-electron chi connectivity index (χ2n) is 7.80. The van der Waals surface area contributed by atoms with Gasteiger partial charge in [-0.05, 0) is 31.7 Å². The van der Waals surface area contributed by atoms with E-state index in [1.165, 1.54) is 12.1 Å². The molecule has 0 unspecified atom stereocenters. The van der Waals surface area contributed by atoms with Gasteiger partial charge in [0.15, 0.2) is 0 Å². The average Bonchev–Trinajstić information content (AvgIpc) is 3.14. The number of hydrogen-bond donors (Lipinski definition) is 1. The Hall–Kier alpha value is -2.15. The van der Waals surface area contributed by atoms with Crippen molar-refractivity contribution < 1.29 is 4.79 Å². The first kappa shape index (κ1) is 18.2. The van der Waals surface area contributed by atoms with Crippen molar-refractivity contribution in [1.29, 1.82) is 0 Å². The lowest BCUT2D eigenvalue weighted by atomic mass is 9.85. The molecule has 3 heterocycles. The SMILES string of the molecule is CCCn1ccnc1CN1CCCn2nc(CNC(=O)C3CCC3)cc2C1. The Labute approximate surface area is 160 Å². The maximum absolute atomic E-state index is 12.0. The number of nitrogens with one attached hydrogen (secondary N) is 1. The highest BCUT2D eigenvalue weighted by molar-refractivity contribution is 5.79. The number of carbonyl (C=O) groups is 1. The zero-order valence-corrected chi connectivity index (χ0v) is 16.2. The van der Waals surface area contributed by atoms with Crippen LogP contribution in [0.25, 0.3) is 0 Å². The molecule has 1 aliphatic carbocycles. The largest absolute Gasteiger partial charge is 0.350 e. The average molecular weight is 371 g/mol. The summed E-state index contributed by atoms with van der Waals surface area (Å²) in [5.41, 5.74) is 2.20. The van der Waals surface area contributed by atoms with E-state index in [9.17, 15) is 4.79 Å². The number of fused-ring (bicyclic) bond motifs is 1. The minimum absolute atomic E-state index is 0.189. The van der Waals surface area contributed by atoms with Crippen LogP contribution in [0.4, 0.5) is 0 Å². The monoisotopic (exact) mass is 370 g/mol. The highest BCUT2D eigenvalue weighted by Crippen LogP contribution is 2.26. The van der Waals surface area contributed by atoms with Crippen molar-refractivity contribution in [2.75, 3.05) is 6.54 Å². The van der Waals surface area contributed by atoms with Gasteiger partial charge in [-0.2, -0.15) is 5.10 Å². The molecule has 27 heavy (non-hydrogen) atoms. The van der Waals surface area contributed by atoms with Crippen LogP contribution in [0.5, 0.6) is 0 Å². The van der Waals surface area contributed by atoms with Crippen molar-refractivity contribution in [1.82, 2.24) is 29.5 Å². The first-order chi connectivity index (χ1) is 13.2. The van der Waals surface area contributed by atoms with Gasteiger partial charge in [-0.3, -0.25) is 14.4 Å². The van der Waals surface area contributed by atoms with Crippen molar-refractivity contribution in [3.63, 3.8) is 0 Å². The highest BCUT2D eigenvalue weighted by Gasteiger charge is 2.25. The molecule has 1 fully saturated rings. The highest BCUT2D eigenvalue weighted by atomic mass is 16.1. The third-order valence-corrected chi connectivity index (χ3v) is 5.69. The number of aromatic nitrogens is 4. The molecule has 1 aliphatic heterocycles. The standard InChI is InChI=1S/C20H30N6O/c1-2-8-25-11-7-21-19(25)15-24-9-4-10-26-18(14-24)12-17(23-26)13-22-20(27)16-5-3-6-16/h7,11-12,16H,2-6,8-10,13-15H2,1H3,(H,22,27). The van der Waals surface area contributed by atoms with Crippen molar-refractivity contribution >= 4 is 5.91 Å². The molecular weight excluding hydrogens is 340 g/mol. The summed E-state index contributed by atoms with van der Waals surface area (Å²) in [4.78, 5) is 19.0. The molecule has 7 nitrogen and oxygen atoms in total. The zero-order chi connectivity index (χ0) is 18.6. The fourth-order valence-corrected chi connectivity index (χ4v) is 3.94. The van der Waals surface area contributed by atoms with E-state index in [1.807, 2.05) is 6.20 Å². The number of aryl methyl sites for hydroxylation is 2. The maximum Gasteiger partial charge on any atom is 0.223 e. The van der Waals surface area contributed by atoms with E-state index < -0.39 is 0 Å². The van der Waals surface area contributed by atoms with E-state index in [-0.39, 0.29) is 11.8 Å². The van der Waals surface area contributed by atoms with Gasteiger partial charge in [-0.25, -0.2) is 4.98 Å². The molecule has 1 saturated carbocycles. The van der Waals surface area contributed by atoms with E-state index in [2.05, 4.69) is 43.6 Å². The van der Waals surface area contributed by atoms with Crippen LogP contribution in [-0.4, -0.2) is 36.7 Å². The Morgan fingerprint density at radius 2 is 2.19 bits per heavy atom. The van der Waals surface area contributed by atoms with Crippen molar-refractivity contribution in [2.24, 2.45) is 5.92 Å². The molecule has 2 aromatic rings. The molecule has 7 heteroatoms. The molecule has 1 amide bonds. The summed E-state index contributed by atoms with van der Waals surface area (Å²) >= 11 is 0. The Morgan fingerprint density at radius 1 is 1.30 bits per heavy atom. The molecule has 1 N–H and O–H groups in total. The molecule has 2 aromatic heterocycles. The fraction of sp³-hybridized carbons (Fsp3) is 0.650. The van der Waals surface area contributed by atoms with Gasteiger partial charge in [0.1, 0.15) is 5.82 Å². The van der Waals surface area contributed by atoms with E-state index in [4.69, 9.17) is 5.10 Å². The Kier molecular flexibility index (Phi) is 5.57. The predicted octanol–water partition coefficient (Wildman–Crippen LogP) is 2.31. The zero-order valence-electron chi connectivity index (χ0n) is 16.2. The molecule has 4 rings (SSSR count). The quantitative estimate of drug-likeness (QED) is 0.812. The Morgan fingerprint density at radius 3 is 2.96 bits per heavy atom. The summed E-state index contributed by atoms with van der Waals surface area (Å²) < 4.78 is 4.37. The van der Waals surface area contributed by atoms with Crippen LogP contribution in [0.2, 0.25) is 0 Å². The Bertz CT molecular complexity index is 775. The van der Waals surface area contributed by atoms with Gasteiger partial charge < -0.3 is 9.88 Å². The fourth-order valence-electron chi connectivity index (χ4n) is 3.94. The third kappa shape index (κ3) is 4.24. The minimum Gasteiger partial charge on any atom is -0.350 e. The van der Waals surface area contributed by atoms with E-state index in [0.717, 1.165) is 69.9 Å². The molecule has 2 aliphatic rings. The smallest absolute Gasteiger partial charge is 0.223 e. The summed E-state index contributed by atoms with van der Waals surface area (Å²) in [6.07, 6.45) is 9.43. The lowest BCUT2D eigenvalue weighted by Gasteiger charge is -2.23. The molecule has 146 valence electrons. The van der Waals surface area contributed by atoms with Gasteiger partial charge in [0, 0.05) is 44.5 Å².